The summed E-state index contributed by atoms with van der Waals surface area (Å²) in [4.78, 5) is 40.6. The van der Waals surface area contributed by atoms with Gasteiger partial charge in [0.1, 0.15) is 5.76 Å². The van der Waals surface area contributed by atoms with Crippen LogP contribution in [0.1, 0.15) is 54.5 Å². The van der Waals surface area contributed by atoms with Crippen molar-refractivity contribution in [1.29, 1.82) is 0 Å². The third-order valence-electron chi connectivity index (χ3n) is 6.07. The molecule has 2 fully saturated rings. The van der Waals surface area contributed by atoms with Crippen LogP contribution in [0.15, 0.2) is 23.3 Å². The van der Waals surface area contributed by atoms with Crippen molar-refractivity contribution in [3.63, 3.8) is 0 Å². The number of carbonyl (C=O) groups excluding carboxylic acids is 2. The summed E-state index contributed by atoms with van der Waals surface area (Å²) in [6, 6.07) is 0. The zero-order valence-electron chi connectivity index (χ0n) is 16.3. The normalized spacial score (nSPS) is 22.8. The van der Waals surface area contributed by atoms with Gasteiger partial charge in [-0.15, -0.1) is 0 Å². The molecule has 28 heavy (non-hydrogen) atoms. The number of amides is 2. The van der Waals surface area contributed by atoms with E-state index in [1.807, 2.05) is 16.7 Å². The Morgan fingerprint density at radius 3 is 3.04 bits per heavy atom. The van der Waals surface area contributed by atoms with Crippen LogP contribution in [0.25, 0.3) is 0 Å². The number of aromatic nitrogens is 3. The summed E-state index contributed by atoms with van der Waals surface area (Å²) in [6.07, 6.45) is 9.62. The first-order valence-corrected chi connectivity index (χ1v) is 10.1. The van der Waals surface area contributed by atoms with Crippen LogP contribution < -0.4 is 0 Å². The van der Waals surface area contributed by atoms with Gasteiger partial charge in [-0.2, -0.15) is 0 Å². The van der Waals surface area contributed by atoms with Gasteiger partial charge in [0, 0.05) is 62.7 Å². The van der Waals surface area contributed by atoms with E-state index in [1.165, 1.54) is 6.39 Å². The van der Waals surface area contributed by atoms with Gasteiger partial charge in [0.25, 0.3) is 5.91 Å². The van der Waals surface area contributed by atoms with E-state index in [4.69, 9.17) is 4.42 Å². The maximum Gasteiger partial charge on any atom is 0.276 e. The number of likely N-dealkylation sites (tertiary alicyclic amines) is 2. The van der Waals surface area contributed by atoms with Crippen molar-refractivity contribution >= 4 is 11.8 Å². The molecule has 8 heteroatoms. The first-order valence-electron chi connectivity index (χ1n) is 10.1. The molecule has 2 aliphatic heterocycles. The summed E-state index contributed by atoms with van der Waals surface area (Å²) in [5, 5.41) is 0. The molecule has 1 spiro atoms. The molecule has 2 aliphatic rings. The van der Waals surface area contributed by atoms with Crippen molar-refractivity contribution in [2.45, 2.75) is 45.4 Å². The van der Waals surface area contributed by atoms with Crippen LogP contribution in [0, 0.1) is 5.41 Å². The zero-order chi connectivity index (χ0) is 19.6. The maximum atomic E-state index is 13.0. The van der Waals surface area contributed by atoms with Gasteiger partial charge in [0.2, 0.25) is 5.91 Å². The van der Waals surface area contributed by atoms with Gasteiger partial charge >= 0.3 is 0 Å². The number of oxazole rings is 1. The van der Waals surface area contributed by atoms with E-state index in [-0.39, 0.29) is 17.2 Å². The fraction of sp³-hybridized carbons (Fsp3) is 0.600. The number of aryl methyl sites for hydroxylation is 1. The maximum absolute atomic E-state index is 13.0. The first-order chi connectivity index (χ1) is 13.6. The van der Waals surface area contributed by atoms with E-state index in [2.05, 4.69) is 15.0 Å². The van der Waals surface area contributed by atoms with Crippen LogP contribution >= 0.6 is 0 Å². The van der Waals surface area contributed by atoms with Crippen molar-refractivity contribution in [2.24, 2.45) is 5.41 Å². The molecule has 2 aromatic heterocycles. The molecule has 0 aromatic carbocycles. The number of carbonyl (C=O) groups is 2. The molecule has 4 heterocycles. The lowest BCUT2D eigenvalue weighted by atomic mass is 9.73. The minimum Gasteiger partial charge on any atom is -0.448 e. The second-order valence-electron chi connectivity index (χ2n) is 7.95. The van der Waals surface area contributed by atoms with Crippen LogP contribution in [-0.4, -0.2) is 62.7 Å². The molecule has 0 bridgehead atoms. The summed E-state index contributed by atoms with van der Waals surface area (Å²) < 4.78 is 5.34. The van der Waals surface area contributed by atoms with Crippen LogP contribution in [0.5, 0.6) is 0 Å². The quantitative estimate of drug-likeness (QED) is 0.850. The van der Waals surface area contributed by atoms with Crippen molar-refractivity contribution < 1.29 is 14.0 Å². The van der Waals surface area contributed by atoms with Crippen LogP contribution in [-0.2, 0) is 17.6 Å². The molecule has 1 N–H and O–H groups in total. The highest BCUT2D eigenvalue weighted by Crippen LogP contribution is 2.39. The van der Waals surface area contributed by atoms with E-state index in [0.717, 1.165) is 37.9 Å². The van der Waals surface area contributed by atoms with E-state index < -0.39 is 0 Å². The van der Waals surface area contributed by atoms with Crippen LogP contribution in [0.4, 0.5) is 0 Å². The van der Waals surface area contributed by atoms with Gasteiger partial charge < -0.3 is 19.2 Å². The molecule has 2 aromatic rings. The second kappa shape index (κ2) is 7.77. The van der Waals surface area contributed by atoms with Gasteiger partial charge in [-0.25, -0.2) is 9.97 Å². The number of hydrogen-bond acceptors (Lipinski definition) is 5. The molecule has 2 saturated heterocycles. The molecular weight excluding hydrogens is 358 g/mol. The Morgan fingerprint density at radius 2 is 2.25 bits per heavy atom. The predicted octanol–water partition coefficient (Wildman–Crippen LogP) is 2.05. The van der Waals surface area contributed by atoms with Gasteiger partial charge in [-0.1, -0.05) is 6.92 Å². The lowest BCUT2D eigenvalue weighted by Gasteiger charge is -2.48. The fourth-order valence-corrected chi connectivity index (χ4v) is 4.54. The third-order valence-corrected chi connectivity index (χ3v) is 6.07. The van der Waals surface area contributed by atoms with Crippen molar-refractivity contribution in [2.75, 3.05) is 26.2 Å². The van der Waals surface area contributed by atoms with Crippen molar-refractivity contribution in [1.82, 2.24) is 24.8 Å². The Balaban J connectivity index is 1.44. The highest BCUT2D eigenvalue weighted by atomic mass is 16.3. The number of piperidine rings is 2. The monoisotopic (exact) mass is 385 g/mol. The Morgan fingerprint density at radius 1 is 1.36 bits per heavy atom. The number of nitrogens with one attached hydrogen (secondary N) is 1. The molecule has 0 aliphatic carbocycles. The molecule has 2 amide bonds. The largest absolute Gasteiger partial charge is 0.448 e. The van der Waals surface area contributed by atoms with E-state index in [1.54, 1.807) is 12.5 Å². The lowest BCUT2D eigenvalue weighted by Crippen LogP contribution is -2.55. The summed E-state index contributed by atoms with van der Waals surface area (Å²) in [5.74, 6) is 0.800. The van der Waals surface area contributed by atoms with Crippen molar-refractivity contribution in [3.05, 3.63) is 36.1 Å². The van der Waals surface area contributed by atoms with Crippen molar-refractivity contribution in [3.8, 4) is 0 Å². The highest BCUT2D eigenvalue weighted by molar-refractivity contribution is 5.93. The average Bonchev–Trinajstić information content (AvgIpc) is 3.40. The smallest absolute Gasteiger partial charge is 0.276 e. The summed E-state index contributed by atoms with van der Waals surface area (Å²) in [5.41, 5.74) is 1.44. The Bertz CT molecular complexity index is 831. The molecule has 4 rings (SSSR count). The van der Waals surface area contributed by atoms with Gasteiger partial charge in [-0.3, -0.25) is 9.59 Å². The standard InChI is InChI=1S/C20H27N5O3/c1-2-16-18(23-14-28-16)19(27)25-8-3-6-20(12-25)7-4-17(26)24(11-20)9-5-15-10-21-13-22-15/h10,13-14H,2-9,11-12H2,1H3,(H,21,22)/t20-/m1/s1. The SMILES string of the molecule is CCc1ocnc1C(=O)N1CCC[C@]2(CCC(=O)N(CCc3cnc[nH]3)C2)C1. The Kier molecular flexibility index (Phi) is 5.19. The minimum atomic E-state index is -0.0504. The lowest BCUT2D eigenvalue weighted by molar-refractivity contribution is -0.138. The number of hydrogen-bond donors (Lipinski definition) is 1. The van der Waals surface area contributed by atoms with E-state index in [0.29, 0.717) is 43.9 Å². The molecule has 0 saturated carbocycles. The molecule has 0 radical (unpaired) electrons. The Labute approximate surface area is 164 Å². The number of aromatic amines is 1. The number of nitrogens with zero attached hydrogens (tertiary/aromatic N) is 4. The third kappa shape index (κ3) is 3.68. The van der Waals surface area contributed by atoms with Gasteiger partial charge in [0.05, 0.1) is 6.33 Å². The molecule has 150 valence electrons. The van der Waals surface area contributed by atoms with Gasteiger partial charge in [-0.05, 0) is 19.3 Å². The molecule has 0 unspecified atom stereocenters. The van der Waals surface area contributed by atoms with E-state index in [9.17, 15) is 9.59 Å². The number of rotatable bonds is 5. The summed E-state index contributed by atoms with van der Waals surface area (Å²) >= 11 is 0. The fourth-order valence-electron chi connectivity index (χ4n) is 4.54. The zero-order valence-corrected chi connectivity index (χ0v) is 16.3. The first kappa shape index (κ1) is 18.7. The second-order valence-corrected chi connectivity index (χ2v) is 7.95. The van der Waals surface area contributed by atoms with Crippen LogP contribution in [0.2, 0.25) is 0 Å². The minimum absolute atomic E-state index is 0.0219. The molecule has 8 nitrogen and oxygen atoms in total. The Hall–Kier alpha value is -2.64. The summed E-state index contributed by atoms with van der Waals surface area (Å²) in [6.45, 7) is 4.76. The van der Waals surface area contributed by atoms with Gasteiger partial charge in [0.15, 0.2) is 12.1 Å². The number of H-pyrrole nitrogens is 1. The average molecular weight is 385 g/mol. The highest BCUT2D eigenvalue weighted by Gasteiger charge is 2.43. The van der Waals surface area contributed by atoms with E-state index >= 15 is 0 Å². The topological polar surface area (TPSA) is 95.3 Å². The van der Waals surface area contributed by atoms with Crippen LogP contribution in [0.3, 0.4) is 0 Å². The predicted molar refractivity (Wildman–Crippen MR) is 102 cm³/mol. The summed E-state index contributed by atoms with van der Waals surface area (Å²) in [7, 11) is 0. The number of imidazole rings is 1. The molecule has 1 atom stereocenters. The molecular formula is C20H27N5O3.